The van der Waals surface area contributed by atoms with E-state index >= 15 is 0 Å². The van der Waals surface area contributed by atoms with Crippen LogP contribution < -0.4 is 0 Å². The van der Waals surface area contributed by atoms with Crippen molar-refractivity contribution in [2.24, 2.45) is 5.16 Å². The van der Waals surface area contributed by atoms with E-state index in [1.54, 1.807) is 20.8 Å². The number of hydrogen-bond donors (Lipinski definition) is 0. The number of sulfone groups is 1. The molecule has 9 heteroatoms. The summed E-state index contributed by atoms with van der Waals surface area (Å²) in [6.07, 6.45) is 1.20. The van der Waals surface area contributed by atoms with Crippen LogP contribution in [0.3, 0.4) is 0 Å². The molecule has 1 aromatic rings. The van der Waals surface area contributed by atoms with Crippen molar-refractivity contribution in [2.45, 2.75) is 36.5 Å². The Morgan fingerprint density at radius 3 is 2.47 bits per heavy atom. The first-order valence-electron chi connectivity index (χ1n) is 5.37. The van der Waals surface area contributed by atoms with Crippen molar-refractivity contribution >= 4 is 38.1 Å². The second-order valence-corrected chi connectivity index (χ2v) is 8.71. The summed E-state index contributed by atoms with van der Waals surface area (Å²) in [4.78, 5) is 5.03. The summed E-state index contributed by atoms with van der Waals surface area (Å²) in [7, 11) is -4.10. The molecule has 1 aliphatic heterocycles. The van der Waals surface area contributed by atoms with Gasteiger partial charge in [0.2, 0.25) is 9.84 Å². The molecule has 0 unspecified atom stereocenters. The Hall–Kier alpha value is -0.790. The molecule has 0 fully saturated rings. The van der Waals surface area contributed by atoms with Crippen LogP contribution in [0.25, 0.3) is 0 Å². The second-order valence-electron chi connectivity index (χ2n) is 4.85. The molecule has 2 heterocycles. The first-order chi connectivity index (χ1) is 8.58. The number of aromatic nitrogens is 1. The molecule has 0 saturated carbocycles. The number of oxime groups is 1. The Labute approximate surface area is 120 Å². The molecule has 6 nitrogen and oxygen atoms in total. The molecule has 0 aromatic carbocycles. The molecule has 19 heavy (non-hydrogen) atoms. The lowest BCUT2D eigenvalue weighted by Gasteiger charge is -2.19. The minimum Gasteiger partial charge on any atom is -0.389 e. The lowest BCUT2D eigenvalue weighted by Crippen LogP contribution is -2.32. The monoisotopic (exact) mass is 326 g/mol. The molecule has 1 aliphatic rings. The average molecular weight is 327 g/mol. The molecular weight excluding hydrogens is 315 g/mol. The van der Waals surface area contributed by atoms with E-state index in [9.17, 15) is 8.42 Å². The average Bonchev–Trinajstić information content (AvgIpc) is 2.84. The minimum absolute atomic E-state index is 0.0724. The molecule has 0 radical (unpaired) electrons. The normalized spacial score (nSPS) is 19.1. The van der Waals surface area contributed by atoms with Gasteiger partial charge in [0.1, 0.15) is 11.9 Å². The summed E-state index contributed by atoms with van der Waals surface area (Å²) < 4.78 is 27.4. The fraction of sp³-hybridized carbons (Fsp3) is 0.600. The number of rotatable bonds is 2. The van der Waals surface area contributed by atoms with Gasteiger partial charge in [-0.15, -0.1) is 0 Å². The highest BCUT2D eigenvalue weighted by Gasteiger charge is 2.51. The van der Waals surface area contributed by atoms with Gasteiger partial charge in [-0.3, -0.25) is 0 Å². The van der Waals surface area contributed by atoms with Crippen LogP contribution in [0.4, 0.5) is 0 Å². The van der Waals surface area contributed by atoms with Gasteiger partial charge in [0.15, 0.2) is 5.04 Å². The van der Waals surface area contributed by atoms with Crippen LogP contribution in [0.1, 0.15) is 31.5 Å². The van der Waals surface area contributed by atoms with Crippen LogP contribution in [-0.4, -0.2) is 24.2 Å². The molecule has 1 aromatic heterocycles. The van der Waals surface area contributed by atoms with E-state index in [4.69, 9.17) is 28.0 Å². The maximum atomic E-state index is 12.4. The van der Waals surface area contributed by atoms with Gasteiger partial charge in [0.25, 0.3) is 3.67 Å². The van der Waals surface area contributed by atoms with Crippen molar-refractivity contribution in [3.63, 3.8) is 0 Å². The van der Waals surface area contributed by atoms with Crippen LogP contribution in [0.2, 0.25) is 0 Å². The van der Waals surface area contributed by atoms with Crippen LogP contribution >= 0.6 is 23.2 Å². The first-order valence-corrected chi connectivity index (χ1v) is 7.61. The maximum Gasteiger partial charge on any atom is 0.253 e. The molecule has 106 valence electrons. The van der Waals surface area contributed by atoms with Crippen LogP contribution in [0, 0.1) is 6.92 Å². The summed E-state index contributed by atoms with van der Waals surface area (Å²) >= 11 is 12.0. The van der Waals surface area contributed by atoms with Gasteiger partial charge in [-0.05, 0) is 20.8 Å². The molecule has 0 spiro atoms. The molecule has 0 saturated heterocycles. The van der Waals surface area contributed by atoms with Gasteiger partial charge in [0.05, 0.1) is 11.3 Å². The highest BCUT2D eigenvalue weighted by Crippen LogP contribution is 2.44. The van der Waals surface area contributed by atoms with E-state index in [1.807, 2.05) is 0 Å². The SMILES string of the molecule is Cc1nocc1C(Cl)(Cl)S(=O)(=O)C1=NOC(C)(C)C1. The zero-order valence-electron chi connectivity index (χ0n) is 10.5. The summed E-state index contributed by atoms with van der Waals surface area (Å²) in [5.74, 6) is 0. The highest BCUT2D eigenvalue weighted by atomic mass is 35.5. The number of halogens is 2. The van der Waals surface area contributed by atoms with Gasteiger partial charge in [-0.2, -0.15) is 0 Å². The van der Waals surface area contributed by atoms with Gasteiger partial charge < -0.3 is 9.36 Å². The van der Waals surface area contributed by atoms with E-state index in [2.05, 4.69) is 14.8 Å². The number of hydrogen-bond acceptors (Lipinski definition) is 6. The predicted molar refractivity (Wildman–Crippen MR) is 70.8 cm³/mol. The van der Waals surface area contributed by atoms with Crippen molar-refractivity contribution in [3.05, 3.63) is 17.5 Å². The number of nitrogens with zero attached hydrogens (tertiary/aromatic N) is 2. The quantitative estimate of drug-likeness (QED) is 0.780. The van der Waals surface area contributed by atoms with Gasteiger partial charge in [-0.1, -0.05) is 33.5 Å². The smallest absolute Gasteiger partial charge is 0.253 e. The first kappa shape index (κ1) is 14.6. The van der Waals surface area contributed by atoms with Crippen LogP contribution in [0.5, 0.6) is 0 Å². The fourth-order valence-electron chi connectivity index (χ4n) is 1.61. The van der Waals surface area contributed by atoms with E-state index < -0.39 is 19.1 Å². The molecule has 0 bridgehead atoms. The summed E-state index contributed by atoms with van der Waals surface area (Å²) in [6, 6.07) is 0. The minimum atomic E-state index is -4.10. The largest absolute Gasteiger partial charge is 0.389 e. The van der Waals surface area contributed by atoms with E-state index in [0.717, 1.165) is 6.26 Å². The highest BCUT2D eigenvalue weighted by molar-refractivity contribution is 8.09. The molecule has 2 rings (SSSR count). The zero-order chi connectivity index (χ0) is 14.5. The van der Waals surface area contributed by atoms with E-state index in [0.29, 0.717) is 5.69 Å². The molecule has 0 N–H and O–H groups in total. The second kappa shape index (κ2) is 4.36. The third-order valence-corrected chi connectivity index (χ3v) is 6.04. The van der Waals surface area contributed by atoms with Gasteiger partial charge in [-0.25, -0.2) is 8.42 Å². The van der Waals surface area contributed by atoms with Crippen molar-refractivity contribution in [1.29, 1.82) is 0 Å². The molecular formula is C10H12Cl2N2O4S. The summed E-state index contributed by atoms with van der Waals surface area (Å²) in [5, 5.41) is 6.96. The van der Waals surface area contributed by atoms with Crippen LogP contribution in [-0.2, 0) is 18.3 Å². The van der Waals surface area contributed by atoms with E-state index in [1.165, 1.54) is 0 Å². The number of alkyl halides is 2. The topological polar surface area (TPSA) is 81.8 Å². The molecule has 0 amide bonds. The van der Waals surface area contributed by atoms with Crippen LogP contribution in [0.15, 0.2) is 15.9 Å². The Morgan fingerprint density at radius 2 is 2.05 bits per heavy atom. The van der Waals surface area contributed by atoms with Gasteiger partial charge in [0, 0.05) is 6.42 Å². The Balaban J connectivity index is 2.44. The standard InChI is InChI=1S/C10H12Cl2N2O4S/c1-6-7(5-17-13-6)10(11,12)19(15,16)8-4-9(2,3)18-14-8/h5H,4H2,1-3H3. The molecule has 0 atom stereocenters. The van der Waals surface area contributed by atoms with Crippen molar-refractivity contribution < 1.29 is 17.8 Å². The summed E-state index contributed by atoms with van der Waals surface area (Å²) in [6.45, 7) is 4.98. The van der Waals surface area contributed by atoms with Crippen molar-refractivity contribution in [3.8, 4) is 0 Å². The lowest BCUT2D eigenvalue weighted by molar-refractivity contribution is 0.0123. The molecule has 0 aliphatic carbocycles. The van der Waals surface area contributed by atoms with Gasteiger partial charge >= 0.3 is 0 Å². The number of aryl methyl sites for hydroxylation is 1. The Bertz CT molecular complexity index is 634. The maximum absolute atomic E-state index is 12.4. The van der Waals surface area contributed by atoms with Crippen molar-refractivity contribution in [2.75, 3.05) is 0 Å². The predicted octanol–water partition coefficient (Wildman–Crippen LogP) is 2.50. The Kier molecular flexibility index (Phi) is 3.35. The third kappa shape index (κ3) is 2.34. The Morgan fingerprint density at radius 1 is 1.42 bits per heavy atom. The van der Waals surface area contributed by atoms with E-state index in [-0.39, 0.29) is 17.0 Å². The fourth-order valence-corrected chi connectivity index (χ4v) is 3.96. The lowest BCUT2D eigenvalue weighted by atomic mass is 10.1. The third-order valence-electron chi connectivity index (χ3n) is 2.68. The van der Waals surface area contributed by atoms with Crippen molar-refractivity contribution in [1.82, 2.24) is 5.16 Å². The zero-order valence-corrected chi connectivity index (χ0v) is 12.8. The summed E-state index contributed by atoms with van der Waals surface area (Å²) in [5.41, 5.74) is -0.328.